The van der Waals surface area contributed by atoms with Crippen LogP contribution in [0.15, 0.2) is 23.1 Å². The minimum absolute atomic E-state index is 0.0316. The smallest absolute Gasteiger partial charge is 0.235 e. The highest BCUT2D eigenvalue weighted by Gasteiger charge is 2.23. The number of benzene rings is 1. The zero-order valence-electron chi connectivity index (χ0n) is 11.0. The highest BCUT2D eigenvalue weighted by Crippen LogP contribution is 2.26. The second-order valence-corrected chi connectivity index (χ2v) is 5.98. The SMILES string of the molecule is CCCNC(=O)CS(=O)(=O)c1ccc(N)cc1OC. The number of methoxy groups -OCH3 is 1. The van der Waals surface area contributed by atoms with Gasteiger partial charge in [-0.3, -0.25) is 4.79 Å². The van der Waals surface area contributed by atoms with Crippen LogP contribution in [0.3, 0.4) is 0 Å². The van der Waals surface area contributed by atoms with Crippen molar-refractivity contribution in [2.75, 3.05) is 25.1 Å². The molecule has 1 rings (SSSR count). The Kier molecular flexibility index (Phi) is 5.17. The van der Waals surface area contributed by atoms with Crippen LogP contribution in [0.5, 0.6) is 5.75 Å². The fourth-order valence-corrected chi connectivity index (χ4v) is 2.83. The van der Waals surface area contributed by atoms with E-state index in [1.54, 1.807) is 0 Å². The van der Waals surface area contributed by atoms with Crippen LogP contribution >= 0.6 is 0 Å². The topological polar surface area (TPSA) is 98.5 Å². The molecule has 0 bridgehead atoms. The lowest BCUT2D eigenvalue weighted by molar-refractivity contribution is -0.118. The van der Waals surface area contributed by atoms with Crippen molar-refractivity contribution in [1.29, 1.82) is 0 Å². The number of sulfone groups is 1. The zero-order valence-corrected chi connectivity index (χ0v) is 11.8. The lowest BCUT2D eigenvalue weighted by Gasteiger charge is -2.10. The first-order valence-corrected chi connectivity index (χ1v) is 7.49. The molecule has 0 saturated heterocycles. The molecule has 0 spiro atoms. The quantitative estimate of drug-likeness (QED) is 0.745. The molecule has 6 nitrogen and oxygen atoms in total. The number of nitrogen functional groups attached to an aromatic ring is 1. The van der Waals surface area contributed by atoms with E-state index in [0.29, 0.717) is 12.2 Å². The largest absolute Gasteiger partial charge is 0.495 e. The number of carbonyl (C=O) groups is 1. The number of amides is 1. The van der Waals surface area contributed by atoms with Crippen LogP contribution in [-0.2, 0) is 14.6 Å². The second kappa shape index (κ2) is 6.42. The van der Waals surface area contributed by atoms with Crippen LogP contribution in [0.2, 0.25) is 0 Å². The minimum Gasteiger partial charge on any atom is -0.495 e. The number of rotatable bonds is 6. The van der Waals surface area contributed by atoms with E-state index in [9.17, 15) is 13.2 Å². The molecule has 0 atom stereocenters. The predicted molar refractivity (Wildman–Crippen MR) is 72.8 cm³/mol. The van der Waals surface area contributed by atoms with Crippen molar-refractivity contribution < 1.29 is 17.9 Å². The van der Waals surface area contributed by atoms with Gasteiger partial charge in [0.2, 0.25) is 5.91 Å². The lowest BCUT2D eigenvalue weighted by atomic mass is 10.3. The lowest BCUT2D eigenvalue weighted by Crippen LogP contribution is -2.30. The summed E-state index contributed by atoms with van der Waals surface area (Å²) in [4.78, 5) is 11.5. The molecule has 0 saturated carbocycles. The number of carbonyl (C=O) groups excluding carboxylic acids is 1. The standard InChI is InChI=1S/C12H18N2O4S/c1-3-6-14-12(15)8-19(16,17)11-5-4-9(13)7-10(11)18-2/h4-5,7H,3,6,8,13H2,1-2H3,(H,14,15). The van der Waals surface area contributed by atoms with Gasteiger partial charge in [0.15, 0.2) is 9.84 Å². The van der Waals surface area contributed by atoms with Gasteiger partial charge in [-0.15, -0.1) is 0 Å². The summed E-state index contributed by atoms with van der Waals surface area (Å²) in [7, 11) is -2.39. The normalized spacial score (nSPS) is 11.1. The van der Waals surface area contributed by atoms with Gasteiger partial charge < -0.3 is 15.8 Å². The van der Waals surface area contributed by atoms with Crippen molar-refractivity contribution in [2.45, 2.75) is 18.2 Å². The number of nitrogens with one attached hydrogen (secondary N) is 1. The Hall–Kier alpha value is -1.76. The molecule has 0 heterocycles. The van der Waals surface area contributed by atoms with Crippen LogP contribution in [-0.4, -0.2) is 33.7 Å². The molecule has 1 aromatic rings. The van der Waals surface area contributed by atoms with Gasteiger partial charge >= 0.3 is 0 Å². The van der Waals surface area contributed by atoms with E-state index in [1.165, 1.54) is 25.3 Å². The van der Waals surface area contributed by atoms with Crippen molar-refractivity contribution in [1.82, 2.24) is 5.32 Å². The Labute approximate surface area is 112 Å². The minimum atomic E-state index is -3.74. The Morgan fingerprint density at radius 3 is 2.68 bits per heavy atom. The third kappa shape index (κ3) is 4.13. The van der Waals surface area contributed by atoms with Crippen molar-refractivity contribution in [3.63, 3.8) is 0 Å². The van der Waals surface area contributed by atoms with Gasteiger partial charge in [0, 0.05) is 18.3 Å². The second-order valence-electron chi connectivity index (χ2n) is 4.02. The third-order valence-corrected chi connectivity index (χ3v) is 4.07. The summed E-state index contributed by atoms with van der Waals surface area (Å²) < 4.78 is 29.2. The average molecular weight is 286 g/mol. The summed E-state index contributed by atoms with van der Waals surface area (Å²) >= 11 is 0. The predicted octanol–water partition coefficient (Wildman–Crippen LogP) is 0.577. The molecule has 0 radical (unpaired) electrons. The van der Waals surface area contributed by atoms with Gasteiger partial charge in [-0.25, -0.2) is 8.42 Å². The van der Waals surface area contributed by atoms with Crippen LogP contribution in [0.1, 0.15) is 13.3 Å². The first-order valence-electron chi connectivity index (χ1n) is 5.83. The number of hydrogen-bond donors (Lipinski definition) is 2. The van der Waals surface area contributed by atoms with Crippen molar-refractivity contribution in [3.8, 4) is 5.75 Å². The number of ether oxygens (including phenoxy) is 1. The maximum absolute atomic E-state index is 12.1. The third-order valence-electron chi connectivity index (χ3n) is 2.42. The van der Waals surface area contributed by atoms with Gasteiger partial charge in [0.05, 0.1) is 7.11 Å². The molecule has 19 heavy (non-hydrogen) atoms. The Morgan fingerprint density at radius 1 is 1.42 bits per heavy atom. The Bertz CT molecular complexity index is 555. The first kappa shape index (κ1) is 15.3. The fourth-order valence-electron chi connectivity index (χ4n) is 1.51. The molecule has 106 valence electrons. The number of anilines is 1. The summed E-state index contributed by atoms with van der Waals surface area (Å²) in [6.45, 7) is 2.34. The van der Waals surface area contributed by atoms with E-state index in [-0.39, 0.29) is 10.6 Å². The van der Waals surface area contributed by atoms with Gasteiger partial charge in [-0.05, 0) is 18.6 Å². The van der Waals surface area contributed by atoms with Crippen LogP contribution < -0.4 is 15.8 Å². The summed E-state index contributed by atoms with van der Waals surface area (Å²) in [6, 6.07) is 4.22. The molecular formula is C12H18N2O4S. The number of nitrogens with two attached hydrogens (primary N) is 1. The summed E-state index contributed by atoms with van der Waals surface area (Å²) in [5.41, 5.74) is 5.95. The van der Waals surface area contributed by atoms with Gasteiger partial charge in [-0.2, -0.15) is 0 Å². The highest BCUT2D eigenvalue weighted by atomic mass is 32.2. The summed E-state index contributed by atoms with van der Waals surface area (Å²) in [5.74, 6) is -0.989. The molecule has 0 unspecified atom stereocenters. The Balaban J connectivity index is 2.97. The van der Waals surface area contributed by atoms with Crippen LogP contribution in [0.4, 0.5) is 5.69 Å². The van der Waals surface area contributed by atoms with E-state index >= 15 is 0 Å². The highest BCUT2D eigenvalue weighted by molar-refractivity contribution is 7.92. The molecule has 0 aliphatic rings. The molecule has 7 heteroatoms. The molecule has 0 aliphatic heterocycles. The van der Waals surface area contributed by atoms with Crippen LogP contribution in [0, 0.1) is 0 Å². The molecule has 0 aliphatic carbocycles. The first-order chi connectivity index (χ1) is 8.90. The van der Waals surface area contributed by atoms with Gasteiger partial charge in [0.25, 0.3) is 0 Å². The molecule has 1 aromatic carbocycles. The molecule has 3 N–H and O–H groups in total. The maximum atomic E-state index is 12.1. The van der Waals surface area contributed by atoms with E-state index in [2.05, 4.69) is 5.32 Å². The van der Waals surface area contributed by atoms with Gasteiger partial charge in [-0.1, -0.05) is 6.92 Å². The van der Waals surface area contributed by atoms with Crippen molar-refractivity contribution in [2.24, 2.45) is 0 Å². The van der Waals surface area contributed by atoms with Gasteiger partial charge in [0.1, 0.15) is 16.4 Å². The monoisotopic (exact) mass is 286 g/mol. The van der Waals surface area contributed by atoms with E-state index in [1.807, 2.05) is 6.92 Å². The average Bonchev–Trinajstić information content (AvgIpc) is 2.35. The summed E-state index contributed by atoms with van der Waals surface area (Å²) in [6.07, 6.45) is 0.747. The Morgan fingerprint density at radius 2 is 2.11 bits per heavy atom. The van der Waals surface area contributed by atoms with Crippen molar-refractivity contribution in [3.05, 3.63) is 18.2 Å². The van der Waals surface area contributed by atoms with E-state index in [4.69, 9.17) is 10.5 Å². The van der Waals surface area contributed by atoms with E-state index < -0.39 is 21.5 Å². The van der Waals surface area contributed by atoms with Crippen molar-refractivity contribution >= 4 is 21.4 Å². The summed E-state index contributed by atoms with van der Waals surface area (Å²) in [5, 5.41) is 2.52. The zero-order chi connectivity index (χ0) is 14.5. The van der Waals surface area contributed by atoms with E-state index in [0.717, 1.165) is 6.42 Å². The molecular weight excluding hydrogens is 268 g/mol. The van der Waals surface area contributed by atoms with Crippen LogP contribution in [0.25, 0.3) is 0 Å². The molecule has 1 amide bonds. The molecule has 0 fully saturated rings. The number of hydrogen-bond acceptors (Lipinski definition) is 5. The molecule has 0 aromatic heterocycles. The fraction of sp³-hybridized carbons (Fsp3) is 0.417. The maximum Gasteiger partial charge on any atom is 0.235 e.